The fraction of sp³-hybridized carbons (Fsp3) is 0.545. The Morgan fingerprint density at radius 3 is 2.75 bits per heavy atom. The van der Waals surface area contributed by atoms with Gasteiger partial charge in [-0.05, 0) is 6.42 Å². The van der Waals surface area contributed by atoms with Crippen molar-refractivity contribution in [2.75, 3.05) is 13.7 Å². The summed E-state index contributed by atoms with van der Waals surface area (Å²) >= 11 is 0. The van der Waals surface area contributed by atoms with Gasteiger partial charge >= 0.3 is 5.97 Å². The van der Waals surface area contributed by atoms with Crippen LogP contribution in [0.3, 0.4) is 0 Å². The lowest BCUT2D eigenvalue weighted by Crippen LogP contribution is -2.35. The van der Waals surface area contributed by atoms with E-state index in [1.165, 1.54) is 7.11 Å². The van der Waals surface area contributed by atoms with Crippen LogP contribution < -0.4 is 0 Å². The molecule has 9 heteroatoms. The predicted octanol–water partition coefficient (Wildman–Crippen LogP) is -0.728. The molecule has 0 aliphatic carbocycles. The van der Waals surface area contributed by atoms with Crippen molar-refractivity contribution in [3.05, 3.63) is 11.4 Å². The second-order valence-corrected chi connectivity index (χ2v) is 4.32. The van der Waals surface area contributed by atoms with Gasteiger partial charge in [0.05, 0.1) is 12.3 Å². The summed E-state index contributed by atoms with van der Waals surface area (Å²) in [5.41, 5.74) is -0.0626. The van der Waals surface area contributed by atoms with Crippen LogP contribution in [0, 0.1) is 0 Å². The van der Waals surface area contributed by atoms with Crippen molar-refractivity contribution < 1.29 is 24.2 Å². The van der Waals surface area contributed by atoms with Gasteiger partial charge in [-0.1, -0.05) is 5.21 Å². The molecule has 0 spiro atoms. The fourth-order valence-electron chi connectivity index (χ4n) is 2.03. The van der Waals surface area contributed by atoms with Crippen molar-refractivity contribution in [1.82, 2.24) is 19.9 Å². The van der Waals surface area contributed by atoms with Gasteiger partial charge in [0, 0.05) is 20.1 Å². The van der Waals surface area contributed by atoms with Crippen molar-refractivity contribution in [3.63, 3.8) is 0 Å². The molecular formula is C11H14N4O5. The normalized spacial score (nSPS) is 14.8. The maximum absolute atomic E-state index is 12.0. The van der Waals surface area contributed by atoms with Gasteiger partial charge in [-0.25, -0.2) is 9.48 Å². The smallest absolute Gasteiger partial charge is 0.358 e. The first-order valence-electron chi connectivity index (χ1n) is 6.02. The number of nitrogens with zero attached hydrogens (tertiary/aromatic N) is 4. The Balaban J connectivity index is 2.18. The Bertz CT molecular complexity index is 553. The highest BCUT2D eigenvalue weighted by atomic mass is 16.5. The number of rotatable bonds is 5. The molecular weight excluding hydrogens is 268 g/mol. The summed E-state index contributed by atoms with van der Waals surface area (Å²) in [5, 5.41) is 16.1. The Morgan fingerprint density at radius 2 is 2.20 bits per heavy atom. The number of carbonyl (C=O) groups is 3. The summed E-state index contributed by atoms with van der Waals surface area (Å²) in [4.78, 5) is 35.6. The monoisotopic (exact) mass is 282 g/mol. The number of methoxy groups -OCH3 is 1. The van der Waals surface area contributed by atoms with Gasteiger partial charge < -0.3 is 9.84 Å². The molecule has 1 aliphatic heterocycles. The number of hydrogen-bond donors (Lipinski definition) is 1. The van der Waals surface area contributed by atoms with Gasteiger partial charge in [-0.2, -0.15) is 0 Å². The van der Waals surface area contributed by atoms with Crippen LogP contribution in [-0.2, 0) is 27.5 Å². The molecule has 1 saturated heterocycles. The number of carbonyl (C=O) groups excluding carboxylic acids is 2. The van der Waals surface area contributed by atoms with E-state index in [2.05, 4.69) is 10.3 Å². The molecule has 0 atom stereocenters. The van der Waals surface area contributed by atoms with Crippen molar-refractivity contribution in [1.29, 1.82) is 0 Å². The van der Waals surface area contributed by atoms with Crippen LogP contribution in [0.4, 0.5) is 0 Å². The maximum atomic E-state index is 12.0. The van der Waals surface area contributed by atoms with Gasteiger partial charge in [-0.3, -0.25) is 14.5 Å². The minimum absolute atomic E-state index is 0.0319. The number of carboxylic acids is 1. The lowest BCUT2D eigenvalue weighted by Gasteiger charge is -2.14. The van der Waals surface area contributed by atoms with Crippen molar-refractivity contribution in [2.45, 2.75) is 26.0 Å². The average Bonchev–Trinajstić information content (AvgIpc) is 2.97. The number of likely N-dealkylation sites (tertiary alicyclic amines) is 1. The molecule has 1 aromatic heterocycles. The third kappa shape index (κ3) is 2.67. The minimum atomic E-state index is -1.24. The molecule has 0 bridgehead atoms. The van der Waals surface area contributed by atoms with Crippen LogP contribution in [0.1, 0.15) is 29.0 Å². The number of amides is 2. The zero-order valence-corrected chi connectivity index (χ0v) is 10.9. The molecule has 0 unspecified atom stereocenters. The van der Waals surface area contributed by atoms with E-state index in [4.69, 9.17) is 9.84 Å². The molecule has 2 amide bonds. The van der Waals surface area contributed by atoms with Gasteiger partial charge in [-0.15, -0.1) is 5.10 Å². The van der Waals surface area contributed by atoms with Gasteiger partial charge in [0.15, 0.2) is 5.69 Å². The molecule has 108 valence electrons. The summed E-state index contributed by atoms with van der Waals surface area (Å²) in [6, 6.07) is 0. The molecule has 0 aromatic carbocycles. The molecule has 2 heterocycles. The first-order valence-corrected chi connectivity index (χ1v) is 6.02. The molecule has 9 nitrogen and oxygen atoms in total. The highest BCUT2D eigenvalue weighted by molar-refractivity contribution is 5.96. The Morgan fingerprint density at radius 1 is 1.45 bits per heavy atom. The highest BCUT2D eigenvalue weighted by Gasteiger charge is 2.28. The molecule has 2 rings (SSSR count). The zero-order valence-electron chi connectivity index (χ0n) is 10.9. The van der Waals surface area contributed by atoms with E-state index in [0.717, 1.165) is 9.58 Å². The topological polar surface area (TPSA) is 115 Å². The number of carboxylic acid groups (broad SMARTS) is 1. The second kappa shape index (κ2) is 5.78. The molecule has 1 aliphatic rings. The summed E-state index contributed by atoms with van der Waals surface area (Å²) in [6.07, 6.45) is 1.00. The summed E-state index contributed by atoms with van der Waals surface area (Å²) < 4.78 is 6.04. The van der Waals surface area contributed by atoms with Gasteiger partial charge in [0.25, 0.3) is 5.91 Å². The Kier molecular flexibility index (Phi) is 4.08. The van der Waals surface area contributed by atoms with E-state index in [1.807, 2.05) is 0 Å². The Hall–Kier alpha value is -2.29. The molecule has 20 heavy (non-hydrogen) atoms. The first kappa shape index (κ1) is 14.1. The van der Waals surface area contributed by atoms with Crippen LogP contribution in [-0.4, -0.2) is 56.4 Å². The van der Waals surface area contributed by atoms with Crippen LogP contribution in [0.25, 0.3) is 0 Å². The largest absolute Gasteiger partial charge is 0.476 e. The van der Waals surface area contributed by atoms with Crippen molar-refractivity contribution in [2.24, 2.45) is 0 Å². The van der Waals surface area contributed by atoms with E-state index in [-0.39, 0.29) is 30.4 Å². The average molecular weight is 282 g/mol. The molecule has 1 N–H and O–H groups in total. The van der Waals surface area contributed by atoms with Crippen LogP contribution in [0.5, 0.6) is 0 Å². The molecule has 1 aromatic rings. The van der Waals surface area contributed by atoms with Crippen molar-refractivity contribution >= 4 is 17.8 Å². The van der Waals surface area contributed by atoms with E-state index < -0.39 is 11.9 Å². The standard InChI is InChI=1S/C11H14N4O5/c1-20-6-7-10(11(18)19)12-13-15(7)5-9(17)14-4-2-3-8(14)16/h2-6H2,1H3,(H,18,19). The SMILES string of the molecule is COCc1c(C(=O)O)nnn1CC(=O)N1CCCC1=O. The number of aromatic carboxylic acids is 1. The second-order valence-electron chi connectivity index (χ2n) is 4.32. The van der Waals surface area contributed by atoms with Crippen molar-refractivity contribution in [3.8, 4) is 0 Å². The fourth-order valence-corrected chi connectivity index (χ4v) is 2.03. The third-order valence-corrected chi connectivity index (χ3v) is 2.98. The summed E-state index contributed by atoms with van der Waals surface area (Å²) in [7, 11) is 1.40. The summed E-state index contributed by atoms with van der Waals surface area (Å²) in [6.45, 7) is 0.123. The molecule has 1 fully saturated rings. The van der Waals surface area contributed by atoms with Gasteiger partial charge in [0.1, 0.15) is 6.54 Å². The first-order chi connectivity index (χ1) is 9.54. The third-order valence-electron chi connectivity index (χ3n) is 2.98. The highest BCUT2D eigenvalue weighted by Crippen LogP contribution is 2.12. The van der Waals surface area contributed by atoms with E-state index in [1.54, 1.807) is 0 Å². The van der Waals surface area contributed by atoms with E-state index in [9.17, 15) is 14.4 Å². The number of imide groups is 1. The number of hydrogen-bond acceptors (Lipinski definition) is 6. The predicted molar refractivity (Wildman–Crippen MR) is 63.6 cm³/mol. The Labute approximate surface area is 114 Å². The van der Waals surface area contributed by atoms with E-state index in [0.29, 0.717) is 19.4 Å². The maximum Gasteiger partial charge on any atom is 0.358 e. The quantitative estimate of drug-likeness (QED) is 0.757. The number of aromatic nitrogens is 3. The summed E-state index contributed by atoms with van der Waals surface area (Å²) in [5.74, 6) is -1.89. The van der Waals surface area contributed by atoms with Crippen LogP contribution in [0.2, 0.25) is 0 Å². The minimum Gasteiger partial charge on any atom is -0.476 e. The van der Waals surface area contributed by atoms with E-state index >= 15 is 0 Å². The lowest BCUT2D eigenvalue weighted by molar-refractivity contribution is -0.142. The molecule has 0 radical (unpaired) electrons. The molecule has 0 saturated carbocycles. The van der Waals surface area contributed by atoms with Crippen LogP contribution >= 0.6 is 0 Å². The zero-order chi connectivity index (χ0) is 14.7. The lowest BCUT2D eigenvalue weighted by atomic mass is 10.3. The number of ether oxygens (including phenoxy) is 1. The van der Waals surface area contributed by atoms with Crippen LogP contribution in [0.15, 0.2) is 0 Å². The van der Waals surface area contributed by atoms with Gasteiger partial charge in [0.2, 0.25) is 5.91 Å².